The van der Waals surface area contributed by atoms with Crippen molar-refractivity contribution in [2.45, 2.75) is 20.5 Å². The van der Waals surface area contributed by atoms with Crippen LogP contribution < -0.4 is 4.74 Å². The molecule has 0 radical (unpaired) electrons. The fourth-order valence-electron chi connectivity index (χ4n) is 2.29. The van der Waals surface area contributed by atoms with Crippen molar-refractivity contribution in [1.29, 1.82) is 0 Å². The molecule has 4 nitrogen and oxygen atoms in total. The number of aliphatic hydroxyl groups is 1. The lowest BCUT2D eigenvalue weighted by Crippen LogP contribution is -2.00. The van der Waals surface area contributed by atoms with Crippen molar-refractivity contribution in [2.75, 3.05) is 0 Å². The van der Waals surface area contributed by atoms with Gasteiger partial charge in [0.05, 0.1) is 23.6 Å². The van der Waals surface area contributed by atoms with Gasteiger partial charge in [-0.1, -0.05) is 35.9 Å². The van der Waals surface area contributed by atoms with Crippen LogP contribution in [0.4, 0.5) is 0 Å². The van der Waals surface area contributed by atoms with Crippen LogP contribution in [-0.2, 0) is 6.61 Å². The van der Waals surface area contributed by atoms with Gasteiger partial charge in [-0.2, -0.15) is 5.10 Å². The molecule has 2 aromatic carbocycles. The van der Waals surface area contributed by atoms with E-state index in [0.29, 0.717) is 11.4 Å². The summed E-state index contributed by atoms with van der Waals surface area (Å²) in [5.74, 6) is 1.27. The molecule has 4 heteroatoms. The third kappa shape index (κ3) is 2.73. The number of rotatable bonds is 4. The van der Waals surface area contributed by atoms with Gasteiger partial charge in [0.15, 0.2) is 0 Å². The zero-order valence-corrected chi connectivity index (χ0v) is 12.7. The average molecular weight is 294 g/mol. The Balaban J connectivity index is 2.06. The Bertz CT molecular complexity index is 762. The largest absolute Gasteiger partial charge is 0.439 e. The monoisotopic (exact) mass is 294 g/mol. The van der Waals surface area contributed by atoms with E-state index in [9.17, 15) is 5.11 Å². The summed E-state index contributed by atoms with van der Waals surface area (Å²) >= 11 is 0. The molecule has 3 rings (SSSR count). The molecular formula is C18H18N2O2. The van der Waals surface area contributed by atoms with Crippen LogP contribution in [0.15, 0.2) is 54.6 Å². The molecule has 0 atom stereocenters. The quantitative estimate of drug-likeness (QED) is 0.796. The van der Waals surface area contributed by atoms with Gasteiger partial charge in [0.2, 0.25) is 5.88 Å². The highest BCUT2D eigenvalue weighted by molar-refractivity contribution is 5.43. The van der Waals surface area contributed by atoms with Crippen molar-refractivity contribution in [1.82, 2.24) is 9.78 Å². The molecule has 22 heavy (non-hydrogen) atoms. The molecule has 1 N–H and O–H groups in total. The summed E-state index contributed by atoms with van der Waals surface area (Å²) in [5.41, 5.74) is 3.52. The zero-order valence-electron chi connectivity index (χ0n) is 12.7. The summed E-state index contributed by atoms with van der Waals surface area (Å²) in [4.78, 5) is 0. The Labute approximate surface area is 129 Å². The first kappa shape index (κ1) is 14.4. The number of aryl methyl sites for hydroxylation is 2. The molecule has 0 fully saturated rings. The minimum atomic E-state index is -0.111. The molecule has 112 valence electrons. The highest BCUT2D eigenvalue weighted by Crippen LogP contribution is 2.30. The van der Waals surface area contributed by atoms with Crippen molar-refractivity contribution >= 4 is 0 Å². The molecule has 0 aliphatic carbocycles. The predicted octanol–water partition coefficient (Wildman–Crippen LogP) is 3.77. The van der Waals surface area contributed by atoms with Crippen LogP contribution in [0.2, 0.25) is 0 Å². The first-order chi connectivity index (χ1) is 10.7. The number of ether oxygens (including phenoxy) is 1. The lowest BCUT2D eigenvalue weighted by atomic mass is 10.2. The van der Waals surface area contributed by atoms with E-state index in [0.717, 1.165) is 17.1 Å². The fraction of sp³-hybridized carbons (Fsp3) is 0.167. The third-order valence-corrected chi connectivity index (χ3v) is 3.53. The fourth-order valence-corrected chi connectivity index (χ4v) is 2.29. The standard InChI is InChI=1S/C18H18N2O2/c1-13-8-10-16(11-9-13)22-18-17(12-21)14(2)19-20(18)15-6-4-3-5-7-15/h3-11,21H,12H2,1-2H3. The van der Waals surface area contributed by atoms with E-state index < -0.39 is 0 Å². The van der Waals surface area contributed by atoms with E-state index in [1.165, 1.54) is 5.56 Å². The second kappa shape index (κ2) is 6.03. The molecule has 0 aliphatic rings. The van der Waals surface area contributed by atoms with Gasteiger partial charge >= 0.3 is 0 Å². The van der Waals surface area contributed by atoms with Crippen LogP contribution in [0.1, 0.15) is 16.8 Å². The molecule has 1 aromatic heterocycles. The van der Waals surface area contributed by atoms with Crippen LogP contribution >= 0.6 is 0 Å². The Morgan fingerprint density at radius 2 is 1.68 bits per heavy atom. The van der Waals surface area contributed by atoms with Crippen molar-refractivity contribution in [3.8, 4) is 17.3 Å². The van der Waals surface area contributed by atoms with E-state index >= 15 is 0 Å². The number of nitrogens with zero attached hydrogens (tertiary/aromatic N) is 2. The van der Waals surface area contributed by atoms with Gasteiger partial charge < -0.3 is 9.84 Å². The molecule has 0 saturated carbocycles. The average Bonchev–Trinajstić information content (AvgIpc) is 2.86. The molecule has 0 spiro atoms. The minimum Gasteiger partial charge on any atom is -0.439 e. The SMILES string of the molecule is Cc1ccc(Oc2c(CO)c(C)nn2-c2ccccc2)cc1. The number of hydrogen-bond donors (Lipinski definition) is 1. The van der Waals surface area contributed by atoms with Gasteiger partial charge in [-0.25, -0.2) is 4.68 Å². The van der Waals surface area contributed by atoms with Crippen LogP contribution in [0, 0.1) is 13.8 Å². The summed E-state index contributed by atoms with van der Waals surface area (Å²) in [6.45, 7) is 3.79. The minimum absolute atomic E-state index is 0.111. The molecule has 0 aliphatic heterocycles. The van der Waals surface area contributed by atoms with Crippen molar-refractivity contribution in [3.05, 3.63) is 71.4 Å². The van der Waals surface area contributed by atoms with Crippen molar-refractivity contribution in [3.63, 3.8) is 0 Å². The molecule has 0 bridgehead atoms. The van der Waals surface area contributed by atoms with Gasteiger partial charge in [0.25, 0.3) is 0 Å². The predicted molar refractivity (Wildman–Crippen MR) is 85.5 cm³/mol. The van der Waals surface area contributed by atoms with Crippen molar-refractivity contribution in [2.24, 2.45) is 0 Å². The summed E-state index contributed by atoms with van der Waals surface area (Å²) in [6, 6.07) is 17.6. The highest BCUT2D eigenvalue weighted by atomic mass is 16.5. The molecular weight excluding hydrogens is 276 g/mol. The second-order valence-corrected chi connectivity index (χ2v) is 5.19. The number of para-hydroxylation sites is 1. The van der Waals surface area contributed by atoms with Gasteiger partial charge in [-0.3, -0.25) is 0 Å². The number of aromatic nitrogens is 2. The Morgan fingerprint density at radius 1 is 1.00 bits per heavy atom. The summed E-state index contributed by atoms with van der Waals surface area (Å²) < 4.78 is 7.73. The summed E-state index contributed by atoms with van der Waals surface area (Å²) in [5, 5.41) is 14.1. The first-order valence-electron chi connectivity index (χ1n) is 7.18. The van der Waals surface area contributed by atoms with Crippen molar-refractivity contribution < 1.29 is 9.84 Å². The van der Waals surface area contributed by atoms with E-state index in [1.54, 1.807) is 4.68 Å². The summed E-state index contributed by atoms with van der Waals surface area (Å²) in [6.07, 6.45) is 0. The van der Waals surface area contributed by atoms with Gasteiger partial charge in [-0.05, 0) is 38.1 Å². The van der Waals surface area contributed by atoms with E-state index in [1.807, 2.05) is 68.4 Å². The van der Waals surface area contributed by atoms with E-state index in [2.05, 4.69) is 5.10 Å². The topological polar surface area (TPSA) is 47.3 Å². The molecule has 0 unspecified atom stereocenters. The maximum atomic E-state index is 9.65. The molecule has 1 heterocycles. The summed E-state index contributed by atoms with van der Waals surface area (Å²) in [7, 11) is 0. The van der Waals surface area contributed by atoms with E-state index in [4.69, 9.17) is 4.74 Å². The maximum absolute atomic E-state index is 9.65. The van der Waals surface area contributed by atoms with E-state index in [-0.39, 0.29) is 6.61 Å². The van der Waals surface area contributed by atoms with Gasteiger partial charge in [0.1, 0.15) is 5.75 Å². The number of benzene rings is 2. The van der Waals surface area contributed by atoms with Gasteiger partial charge in [0, 0.05) is 0 Å². The highest BCUT2D eigenvalue weighted by Gasteiger charge is 2.18. The molecule has 0 amide bonds. The first-order valence-corrected chi connectivity index (χ1v) is 7.18. The lowest BCUT2D eigenvalue weighted by Gasteiger charge is -2.10. The Kier molecular flexibility index (Phi) is 3.94. The molecule has 3 aromatic rings. The molecule has 0 saturated heterocycles. The van der Waals surface area contributed by atoms with Gasteiger partial charge in [-0.15, -0.1) is 0 Å². The van der Waals surface area contributed by atoms with Crippen LogP contribution in [-0.4, -0.2) is 14.9 Å². The normalized spacial score (nSPS) is 10.7. The third-order valence-electron chi connectivity index (χ3n) is 3.53. The smallest absolute Gasteiger partial charge is 0.228 e. The number of hydrogen-bond acceptors (Lipinski definition) is 3. The number of aliphatic hydroxyl groups excluding tert-OH is 1. The van der Waals surface area contributed by atoms with Crippen LogP contribution in [0.25, 0.3) is 5.69 Å². The lowest BCUT2D eigenvalue weighted by molar-refractivity contribution is 0.275. The zero-order chi connectivity index (χ0) is 15.5. The Morgan fingerprint density at radius 3 is 2.32 bits per heavy atom. The van der Waals surface area contributed by atoms with Crippen LogP contribution in [0.3, 0.4) is 0 Å². The Hall–Kier alpha value is -2.59. The maximum Gasteiger partial charge on any atom is 0.228 e. The second-order valence-electron chi connectivity index (χ2n) is 5.19. The van der Waals surface area contributed by atoms with Crippen LogP contribution in [0.5, 0.6) is 11.6 Å².